The van der Waals surface area contributed by atoms with Gasteiger partial charge in [-0.25, -0.2) is 4.79 Å². The predicted octanol–water partition coefficient (Wildman–Crippen LogP) is 3.29. The quantitative estimate of drug-likeness (QED) is 0.200. The molecule has 1 aromatic carbocycles. The van der Waals surface area contributed by atoms with Crippen LogP contribution in [0.15, 0.2) is 29.4 Å². The van der Waals surface area contributed by atoms with Crippen molar-refractivity contribution >= 4 is 47.5 Å². The Kier molecular flexibility index (Phi) is 8.20. The standard InChI is InChI=1S/C15H20IN2O6P/c1-9(2)23-25(21,24-10(3)4)14(13(17)19)18-22-15(20)11-6-5-7-12(16)8-11/h5-10H,1-4H3,(H2,17,19)/b18-14+. The molecule has 0 spiro atoms. The molecule has 0 aliphatic carbocycles. The fourth-order valence-corrected chi connectivity index (χ4v) is 3.98. The van der Waals surface area contributed by atoms with Gasteiger partial charge in [0, 0.05) is 3.57 Å². The first-order valence-electron chi connectivity index (χ1n) is 7.37. The van der Waals surface area contributed by atoms with Gasteiger partial charge in [0.1, 0.15) is 0 Å². The molecule has 25 heavy (non-hydrogen) atoms. The maximum absolute atomic E-state index is 12.9. The fourth-order valence-electron chi connectivity index (χ4n) is 1.66. The summed E-state index contributed by atoms with van der Waals surface area (Å²) >= 11 is 2.03. The van der Waals surface area contributed by atoms with E-state index in [-0.39, 0.29) is 5.56 Å². The van der Waals surface area contributed by atoms with Crippen LogP contribution in [0.1, 0.15) is 38.1 Å². The first kappa shape index (κ1) is 21.8. The molecule has 0 saturated heterocycles. The van der Waals surface area contributed by atoms with E-state index in [1.54, 1.807) is 45.9 Å². The smallest absolute Gasteiger partial charge is 0.364 e. The number of carbonyl (C=O) groups is 2. The van der Waals surface area contributed by atoms with Crippen LogP contribution in [0.3, 0.4) is 0 Å². The Morgan fingerprint density at radius 3 is 2.16 bits per heavy atom. The van der Waals surface area contributed by atoms with Gasteiger partial charge >= 0.3 is 13.6 Å². The minimum absolute atomic E-state index is 0.212. The molecule has 0 aromatic heterocycles. The molecule has 0 aliphatic heterocycles. The molecule has 138 valence electrons. The van der Waals surface area contributed by atoms with Gasteiger partial charge in [0.05, 0.1) is 17.8 Å². The van der Waals surface area contributed by atoms with E-state index in [0.29, 0.717) is 0 Å². The number of rotatable bonds is 8. The van der Waals surface area contributed by atoms with E-state index in [0.717, 1.165) is 3.57 Å². The van der Waals surface area contributed by atoms with Gasteiger partial charge in [-0.2, -0.15) is 0 Å². The second-order valence-electron chi connectivity index (χ2n) is 5.47. The van der Waals surface area contributed by atoms with E-state index in [9.17, 15) is 14.2 Å². The van der Waals surface area contributed by atoms with Crippen LogP contribution in [-0.2, 0) is 23.2 Å². The van der Waals surface area contributed by atoms with Crippen LogP contribution in [-0.4, -0.2) is 29.5 Å². The van der Waals surface area contributed by atoms with Gasteiger partial charge in [0.25, 0.3) is 11.4 Å². The second-order valence-corrected chi connectivity index (χ2v) is 8.56. The summed E-state index contributed by atoms with van der Waals surface area (Å²) in [6.07, 6.45) is -1.08. The third kappa shape index (κ3) is 6.85. The second kappa shape index (κ2) is 9.42. The number of nitrogens with two attached hydrogens (primary N) is 1. The number of amides is 1. The Hall–Kier alpha value is -1.29. The lowest BCUT2D eigenvalue weighted by Gasteiger charge is -2.21. The number of primary amides is 1. The average molecular weight is 482 g/mol. The molecule has 8 nitrogen and oxygen atoms in total. The number of hydrogen-bond donors (Lipinski definition) is 1. The molecular formula is C15H20IN2O6P. The molecule has 1 amide bonds. The average Bonchev–Trinajstić information content (AvgIpc) is 2.44. The van der Waals surface area contributed by atoms with Crippen molar-refractivity contribution in [3.63, 3.8) is 0 Å². The van der Waals surface area contributed by atoms with Crippen LogP contribution < -0.4 is 5.73 Å². The van der Waals surface area contributed by atoms with Gasteiger partial charge in [-0.15, -0.1) is 0 Å². The zero-order chi connectivity index (χ0) is 19.2. The van der Waals surface area contributed by atoms with Gasteiger partial charge < -0.3 is 19.6 Å². The molecule has 1 rings (SSSR count). The summed E-state index contributed by atoms with van der Waals surface area (Å²) in [5, 5.41) is 3.38. The predicted molar refractivity (Wildman–Crippen MR) is 101 cm³/mol. The molecule has 0 unspecified atom stereocenters. The molecule has 0 heterocycles. The van der Waals surface area contributed by atoms with Gasteiger partial charge in [-0.3, -0.25) is 9.36 Å². The molecule has 0 atom stereocenters. The molecule has 0 saturated carbocycles. The van der Waals surface area contributed by atoms with Gasteiger partial charge in [0.2, 0.25) is 0 Å². The monoisotopic (exact) mass is 482 g/mol. The summed E-state index contributed by atoms with van der Waals surface area (Å²) in [4.78, 5) is 28.4. The molecule has 0 fully saturated rings. The maximum atomic E-state index is 12.9. The Balaban J connectivity index is 3.14. The highest BCUT2D eigenvalue weighted by atomic mass is 127. The lowest BCUT2D eigenvalue weighted by Crippen LogP contribution is -2.27. The van der Waals surface area contributed by atoms with E-state index in [1.165, 1.54) is 6.07 Å². The molecule has 0 bridgehead atoms. The first-order valence-corrected chi connectivity index (χ1v) is 9.99. The van der Waals surface area contributed by atoms with Gasteiger partial charge in [0.15, 0.2) is 0 Å². The summed E-state index contributed by atoms with van der Waals surface area (Å²) in [6, 6.07) is 6.53. The van der Waals surface area contributed by atoms with Crippen LogP contribution in [0.25, 0.3) is 0 Å². The minimum Gasteiger partial charge on any atom is -0.364 e. The summed E-state index contributed by atoms with van der Waals surface area (Å²) in [7, 11) is -4.16. The minimum atomic E-state index is -4.16. The highest BCUT2D eigenvalue weighted by Crippen LogP contribution is 2.52. The van der Waals surface area contributed by atoms with Crippen LogP contribution in [0, 0.1) is 3.57 Å². The van der Waals surface area contributed by atoms with Crippen LogP contribution in [0.2, 0.25) is 0 Å². The molecule has 10 heteroatoms. The lowest BCUT2D eigenvalue weighted by molar-refractivity contribution is -0.111. The number of carbonyl (C=O) groups excluding carboxylic acids is 2. The zero-order valence-electron chi connectivity index (χ0n) is 14.3. The van der Waals surface area contributed by atoms with Crippen molar-refractivity contribution in [3.05, 3.63) is 33.4 Å². The number of benzene rings is 1. The zero-order valence-corrected chi connectivity index (χ0v) is 17.3. The highest BCUT2D eigenvalue weighted by molar-refractivity contribution is 14.1. The van der Waals surface area contributed by atoms with Crippen molar-refractivity contribution in [3.8, 4) is 0 Å². The van der Waals surface area contributed by atoms with Crippen LogP contribution >= 0.6 is 30.2 Å². The summed E-state index contributed by atoms with van der Waals surface area (Å²) < 4.78 is 24.2. The van der Waals surface area contributed by atoms with E-state index >= 15 is 0 Å². The number of halogens is 1. The third-order valence-corrected chi connectivity index (χ3v) is 5.34. The van der Waals surface area contributed by atoms with E-state index in [4.69, 9.17) is 19.6 Å². The largest absolute Gasteiger partial charge is 0.389 e. The molecule has 0 radical (unpaired) electrons. The molecule has 2 N–H and O–H groups in total. The van der Waals surface area contributed by atoms with Gasteiger partial charge in [-0.05, 0) is 68.5 Å². The Labute approximate surface area is 159 Å². The first-order chi connectivity index (χ1) is 11.5. The molecule has 1 aromatic rings. The maximum Gasteiger partial charge on any atom is 0.389 e. The Bertz CT molecular complexity index is 706. The Morgan fingerprint density at radius 2 is 1.72 bits per heavy atom. The molecule has 0 aliphatic rings. The van der Waals surface area contributed by atoms with Crippen molar-refractivity contribution in [1.82, 2.24) is 0 Å². The van der Waals surface area contributed by atoms with Crippen molar-refractivity contribution < 1.29 is 28.0 Å². The highest BCUT2D eigenvalue weighted by Gasteiger charge is 2.39. The third-order valence-electron chi connectivity index (χ3n) is 2.45. The molecular weight excluding hydrogens is 462 g/mol. The fraction of sp³-hybridized carbons (Fsp3) is 0.400. The topological polar surface area (TPSA) is 117 Å². The lowest BCUT2D eigenvalue weighted by atomic mass is 10.2. The summed E-state index contributed by atoms with van der Waals surface area (Å²) in [6.45, 7) is 6.42. The van der Waals surface area contributed by atoms with Crippen LogP contribution in [0.4, 0.5) is 0 Å². The number of nitrogens with zero attached hydrogens (tertiary/aromatic N) is 1. The van der Waals surface area contributed by atoms with E-state index < -0.39 is 37.1 Å². The van der Waals surface area contributed by atoms with E-state index in [2.05, 4.69) is 5.16 Å². The van der Waals surface area contributed by atoms with Crippen molar-refractivity contribution in [1.29, 1.82) is 0 Å². The Morgan fingerprint density at radius 1 is 1.16 bits per heavy atom. The van der Waals surface area contributed by atoms with Gasteiger partial charge in [-0.1, -0.05) is 11.2 Å². The van der Waals surface area contributed by atoms with E-state index in [1.807, 2.05) is 22.6 Å². The van der Waals surface area contributed by atoms with Crippen molar-refractivity contribution in [2.75, 3.05) is 0 Å². The normalized spacial score (nSPS) is 12.5. The SMILES string of the molecule is CC(C)OP(=O)(OC(C)C)/C(=N/OC(=O)c1cccc(I)c1)C(N)=O. The summed E-state index contributed by atoms with van der Waals surface area (Å²) in [5.41, 5.74) is 4.67. The summed E-state index contributed by atoms with van der Waals surface area (Å²) in [5.74, 6) is -2.00. The van der Waals surface area contributed by atoms with Crippen molar-refractivity contribution in [2.24, 2.45) is 10.9 Å². The number of hydrogen-bond acceptors (Lipinski definition) is 7. The number of oxime groups is 1. The van der Waals surface area contributed by atoms with Crippen molar-refractivity contribution in [2.45, 2.75) is 39.9 Å². The van der Waals surface area contributed by atoms with Crippen LogP contribution in [0.5, 0.6) is 0 Å².